The van der Waals surface area contributed by atoms with Gasteiger partial charge in [0.05, 0.1) is 11.4 Å². The molecule has 0 saturated heterocycles. The van der Waals surface area contributed by atoms with Crippen molar-refractivity contribution in [2.24, 2.45) is 4.99 Å². The van der Waals surface area contributed by atoms with Crippen LogP contribution in [0.5, 0.6) is 0 Å². The Balaban J connectivity index is 2.14. The first-order chi connectivity index (χ1) is 11.0. The Labute approximate surface area is 135 Å². The van der Waals surface area contributed by atoms with E-state index in [1.165, 1.54) is 12.1 Å². The van der Waals surface area contributed by atoms with Crippen molar-refractivity contribution in [3.8, 4) is 0 Å². The van der Waals surface area contributed by atoms with Crippen molar-refractivity contribution in [1.29, 1.82) is 0 Å². The van der Waals surface area contributed by atoms with Gasteiger partial charge in [0.25, 0.3) is 0 Å². The summed E-state index contributed by atoms with van der Waals surface area (Å²) in [6, 6.07) is 3.81. The molecule has 0 aliphatic carbocycles. The summed E-state index contributed by atoms with van der Waals surface area (Å²) in [5.74, 6) is -0.963. The molecular formula is C18H19F2N3. The molecule has 1 N–H and O–H groups in total. The average molecular weight is 315 g/mol. The van der Waals surface area contributed by atoms with Gasteiger partial charge in [-0.1, -0.05) is 19.2 Å². The highest BCUT2D eigenvalue weighted by atomic mass is 19.2. The zero-order valence-corrected chi connectivity index (χ0v) is 13.2. The molecule has 0 unspecified atom stereocenters. The maximum atomic E-state index is 13.2. The second-order valence-electron chi connectivity index (χ2n) is 5.06. The molecule has 23 heavy (non-hydrogen) atoms. The van der Waals surface area contributed by atoms with E-state index in [0.717, 1.165) is 23.3 Å². The van der Waals surface area contributed by atoms with Gasteiger partial charge in [-0.15, -0.1) is 0 Å². The summed E-state index contributed by atoms with van der Waals surface area (Å²) >= 11 is 0. The minimum absolute atomic E-state index is 0.333. The van der Waals surface area contributed by atoms with E-state index in [4.69, 9.17) is 0 Å². The molecule has 5 heteroatoms. The number of nitrogens with zero attached hydrogens (tertiary/aromatic N) is 2. The van der Waals surface area contributed by atoms with Gasteiger partial charge in [-0.25, -0.2) is 13.8 Å². The molecule has 3 nitrogen and oxygen atoms in total. The van der Waals surface area contributed by atoms with Gasteiger partial charge in [-0.3, -0.25) is 0 Å². The predicted octanol–water partition coefficient (Wildman–Crippen LogP) is 4.23. The smallest absolute Gasteiger partial charge is 0.159 e. The highest BCUT2D eigenvalue weighted by molar-refractivity contribution is 5.95. The molecule has 1 heterocycles. The fourth-order valence-corrected chi connectivity index (χ4v) is 2.23. The first-order valence-corrected chi connectivity index (χ1v) is 7.18. The molecule has 0 bridgehead atoms. The molecule has 0 amide bonds. The van der Waals surface area contributed by atoms with Crippen molar-refractivity contribution in [1.82, 2.24) is 10.2 Å². The van der Waals surface area contributed by atoms with E-state index in [1.807, 2.05) is 30.9 Å². The number of halogens is 2. The van der Waals surface area contributed by atoms with E-state index in [1.54, 1.807) is 6.20 Å². The van der Waals surface area contributed by atoms with Gasteiger partial charge >= 0.3 is 0 Å². The van der Waals surface area contributed by atoms with Crippen LogP contribution in [-0.2, 0) is 6.54 Å². The number of rotatable bonds is 5. The molecule has 1 aliphatic rings. The second kappa shape index (κ2) is 7.05. The number of benzene rings is 1. The standard InChI is InChI=1S/C18H19F2N3/c1-5-18-22-12(3)9-17(23(18)6-2)13(4)21-11-14-7-8-15(19)16(20)10-14/h5-10,21H,2,4,11H2,1,3H3/b18-5-. The maximum absolute atomic E-state index is 13.2. The van der Waals surface area contributed by atoms with Crippen molar-refractivity contribution in [3.63, 3.8) is 0 Å². The molecule has 120 valence electrons. The largest absolute Gasteiger partial charge is 0.380 e. The lowest BCUT2D eigenvalue weighted by Gasteiger charge is -2.28. The predicted molar refractivity (Wildman–Crippen MR) is 89.3 cm³/mol. The second-order valence-corrected chi connectivity index (χ2v) is 5.06. The van der Waals surface area contributed by atoms with Gasteiger partial charge < -0.3 is 10.2 Å². The van der Waals surface area contributed by atoms with Crippen LogP contribution in [0.15, 0.2) is 71.9 Å². The lowest BCUT2D eigenvalue weighted by molar-refractivity contribution is 0.506. The Morgan fingerprint density at radius 1 is 1.35 bits per heavy atom. The van der Waals surface area contributed by atoms with Gasteiger partial charge in [0.2, 0.25) is 0 Å². The minimum Gasteiger partial charge on any atom is -0.380 e. The van der Waals surface area contributed by atoms with E-state index < -0.39 is 11.6 Å². The molecule has 0 saturated carbocycles. The van der Waals surface area contributed by atoms with Crippen LogP contribution < -0.4 is 5.32 Å². The quantitative estimate of drug-likeness (QED) is 0.880. The van der Waals surface area contributed by atoms with Crippen molar-refractivity contribution < 1.29 is 8.78 Å². The lowest BCUT2D eigenvalue weighted by atomic mass is 10.1. The van der Waals surface area contributed by atoms with Gasteiger partial charge in [0.1, 0.15) is 5.82 Å². The van der Waals surface area contributed by atoms with Crippen LogP contribution in [0.25, 0.3) is 0 Å². The Hall–Kier alpha value is -2.69. The number of nitrogens with one attached hydrogen (secondary N) is 1. The Morgan fingerprint density at radius 2 is 2.09 bits per heavy atom. The summed E-state index contributed by atoms with van der Waals surface area (Å²) in [6.45, 7) is 11.9. The van der Waals surface area contributed by atoms with Crippen LogP contribution in [-0.4, -0.2) is 10.6 Å². The fraction of sp³-hybridized carbons (Fsp3) is 0.167. The van der Waals surface area contributed by atoms with Crippen LogP contribution >= 0.6 is 0 Å². The van der Waals surface area contributed by atoms with Crippen molar-refractivity contribution >= 4 is 5.71 Å². The topological polar surface area (TPSA) is 27.6 Å². The highest BCUT2D eigenvalue weighted by Gasteiger charge is 2.18. The van der Waals surface area contributed by atoms with Gasteiger partial charge in [-0.05, 0) is 43.7 Å². The molecule has 0 fully saturated rings. The SMILES string of the molecule is C=CN1C(C(=C)NCc2ccc(F)c(F)c2)=CC(C)=N/C1=C/C. The van der Waals surface area contributed by atoms with Crippen LogP contribution in [0.2, 0.25) is 0 Å². The van der Waals surface area contributed by atoms with Crippen LogP contribution in [0.3, 0.4) is 0 Å². The van der Waals surface area contributed by atoms with Crippen LogP contribution in [0.4, 0.5) is 8.78 Å². The van der Waals surface area contributed by atoms with Crippen molar-refractivity contribution in [2.75, 3.05) is 0 Å². The number of allylic oxidation sites excluding steroid dienone is 2. The van der Waals surface area contributed by atoms with E-state index >= 15 is 0 Å². The molecule has 0 atom stereocenters. The number of hydrogen-bond donors (Lipinski definition) is 1. The van der Waals surface area contributed by atoms with Crippen LogP contribution in [0.1, 0.15) is 19.4 Å². The number of hydrogen-bond acceptors (Lipinski definition) is 3. The minimum atomic E-state index is -0.862. The highest BCUT2D eigenvalue weighted by Crippen LogP contribution is 2.24. The van der Waals surface area contributed by atoms with Gasteiger partial charge in [0.15, 0.2) is 11.6 Å². The third kappa shape index (κ3) is 3.74. The molecule has 0 aromatic heterocycles. The Kier molecular flexibility index (Phi) is 5.11. The third-order valence-electron chi connectivity index (χ3n) is 3.38. The first-order valence-electron chi connectivity index (χ1n) is 7.18. The Bertz CT molecular complexity index is 730. The monoisotopic (exact) mass is 315 g/mol. The first kappa shape index (κ1) is 16.7. The van der Waals surface area contributed by atoms with Crippen molar-refractivity contribution in [2.45, 2.75) is 20.4 Å². The normalized spacial score (nSPS) is 16.0. The summed E-state index contributed by atoms with van der Waals surface area (Å²) in [6.07, 6.45) is 5.41. The average Bonchev–Trinajstić information content (AvgIpc) is 2.54. The molecular weight excluding hydrogens is 296 g/mol. The van der Waals surface area contributed by atoms with Gasteiger partial charge in [-0.2, -0.15) is 0 Å². The third-order valence-corrected chi connectivity index (χ3v) is 3.38. The summed E-state index contributed by atoms with van der Waals surface area (Å²) in [4.78, 5) is 6.23. The molecule has 1 aromatic rings. The van der Waals surface area contributed by atoms with Crippen LogP contribution in [0, 0.1) is 11.6 Å². The zero-order valence-electron chi connectivity index (χ0n) is 13.2. The summed E-state index contributed by atoms with van der Waals surface area (Å²) < 4.78 is 26.2. The summed E-state index contributed by atoms with van der Waals surface area (Å²) in [7, 11) is 0. The van der Waals surface area contributed by atoms with E-state index in [0.29, 0.717) is 17.8 Å². The van der Waals surface area contributed by atoms with E-state index in [9.17, 15) is 8.78 Å². The van der Waals surface area contributed by atoms with Crippen molar-refractivity contribution in [3.05, 3.63) is 84.1 Å². The van der Waals surface area contributed by atoms with Gasteiger partial charge in [0, 0.05) is 18.5 Å². The molecule has 1 aliphatic heterocycles. The lowest BCUT2D eigenvalue weighted by Crippen LogP contribution is -2.26. The maximum Gasteiger partial charge on any atom is 0.159 e. The molecule has 1 aromatic carbocycles. The van der Waals surface area contributed by atoms with E-state index in [2.05, 4.69) is 23.5 Å². The molecule has 2 rings (SSSR count). The molecule has 0 spiro atoms. The molecule has 0 radical (unpaired) electrons. The summed E-state index contributed by atoms with van der Waals surface area (Å²) in [5, 5.41) is 3.12. The Morgan fingerprint density at radius 3 is 2.70 bits per heavy atom. The van der Waals surface area contributed by atoms with E-state index in [-0.39, 0.29) is 0 Å². The zero-order chi connectivity index (χ0) is 17.0. The fourth-order valence-electron chi connectivity index (χ4n) is 2.23. The summed E-state index contributed by atoms with van der Waals surface area (Å²) in [5.41, 5.74) is 2.93. The number of aliphatic imine (C=N–C) groups is 1.